The second-order valence-corrected chi connectivity index (χ2v) is 2.63. The Morgan fingerprint density at radius 1 is 1.67 bits per heavy atom. The third-order valence-corrected chi connectivity index (χ3v) is 1.66. The van der Waals surface area contributed by atoms with Crippen LogP contribution in [-0.4, -0.2) is 25.6 Å². The minimum Gasteiger partial charge on any atom is -0.449 e. The van der Waals surface area contributed by atoms with Crippen LogP contribution in [0.2, 0.25) is 0 Å². The van der Waals surface area contributed by atoms with Gasteiger partial charge in [-0.2, -0.15) is 0 Å². The van der Waals surface area contributed by atoms with Gasteiger partial charge in [-0.1, -0.05) is 0 Å². The van der Waals surface area contributed by atoms with Crippen LogP contribution in [0, 0.1) is 5.92 Å². The van der Waals surface area contributed by atoms with Gasteiger partial charge < -0.3 is 15.2 Å². The van der Waals surface area contributed by atoms with Crippen LogP contribution in [0.25, 0.3) is 0 Å². The van der Waals surface area contributed by atoms with E-state index in [2.05, 4.69) is 9.57 Å². The fourth-order valence-electron chi connectivity index (χ4n) is 1.06. The molecule has 2 atom stereocenters. The van der Waals surface area contributed by atoms with Gasteiger partial charge in [-0.25, -0.2) is 10.7 Å². The maximum Gasteiger partial charge on any atom is 0.404 e. The van der Waals surface area contributed by atoms with Crippen molar-refractivity contribution in [3.63, 3.8) is 0 Å². The molecule has 0 aromatic carbocycles. The Bertz CT molecular complexity index is 164. The monoisotopic (exact) mass is 176 g/mol. The van der Waals surface area contributed by atoms with E-state index in [1.807, 2.05) is 0 Å². The van der Waals surface area contributed by atoms with E-state index in [0.717, 1.165) is 0 Å². The van der Waals surface area contributed by atoms with Gasteiger partial charge in [-0.15, -0.1) is 0 Å². The van der Waals surface area contributed by atoms with E-state index >= 15 is 0 Å². The number of rotatable bonds is 3. The average Bonchev–Trinajstić information content (AvgIpc) is 2.48. The van der Waals surface area contributed by atoms with Crippen molar-refractivity contribution in [3.8, 4) is 0 Å². The largest absolute Gasteiger partial charge is 0.449 e. The van der Waals surface area contributed by atoms with E-state index in [0.29, 0.717) is 13.0 Å². The van der Waals surface area contributed by atoms with Crippen molar-refractivity contribution in [1.82, 2.24) is 0 Å². The van der Waals surface area contributed by atoms with Gasteiger partial charge in [-0.05, 0) is 0 Å². The summed E-state index contributed by atoms with van der Waals surface area (Å²) in [5, 5.41) is 0. The van der Waals surface area contributed by atoms with E-state index in [-0.39, 0.29) is 18.8 Å². The number of hydrogen-bond donors (Lipinski definition) is 2. The van der Waals surface area contributed by atoms with Crippen LogP contribution in [0.1, 0.15) is 6.42 Å². The molecule has 0 radical (unpaired) electrons. The molecule has 1 aliphatic rings. The van der Waals surface area contributed by atoms with E-state index in [9.17, 15) is 4.79 Å². The standard InChI is InChI=1S/C6H12N2O4/c7-6(9)11-3-4-1-5(12-8)10-2-4/h4-5H,1-3,8H2,(H2,7,9). The quantitative estimate of drug-likeness (QED) is 0.556. The molecule has 2 unspecified atom stereocenters. The lowest BCUT2D eigenvalue weighted by molar-refractivity contribution is -0.113. The van der Waals surface area contributed by atoms with Crippen LogP contribution in [0.4, 0.5) is 4.79 Å². The van der Waals surface area contributed by atoms with Crippen molar-refractivity contribution < 1.29 is 19.1 Å². The molecule has 1 saturated heterocycles. The van der Waals surface area contributed by atoms with Crippen LogP contribution in [-0.2, 0) is 14.3 Å². The van der Waals surface area contributed by atoms with Gasteiger partial charge in [0.25, 0.3) is 0 Å². The first-order chi connectivity index (χ1) is 5.72. The second kappa shape index (κ2) is 4.24. The number of primary amides is 1. The summed E-state index contributed by atoms with van der Waals surface area (Å²) in [7, 11) is 0. The minimum absolute atomic E-state index is 0.131. The lowest BCUT2D eigenvalue weighted by atomic mass is 10.1. The van der Waals surface area contributed by atoms with Crippen LogP contribution < -0.4 is 11.6 Å². The summed E-state index contributed by atoms with van der Waals surface area (Å²) in [5.74, 6) is 5.03. The number of carbonyl (C=O) groups excluding carboxylic acids is 1. The Morgan fingerprint density at radius 2 is 2.42 bits per heavy atom. The zero-order chi connectivity index (χ0) is 8.97. The molecule has 0 aromatic rings. The zero-order valence-electron chi connectivity index (χ0n) is 6.56. The summed E-state index contributed by atoms with van der Waals surface area (Å²) in [6.45, 7) is 0.740. The fraction of sp³-hybridized carbons (Fsp3) is 0.833. The minimum atomic E-state index is -0.771. The summed E-state index contributed by atoms with van der Waals surface area (Å²) in [5.41, 5.74) is 4.78. The molecule has 0 saturated carbocycles. The molecule has 1 fully saturated rings. The summed E-state index contributed by atoms with van der Waals surface area (Å²) in [6.07, 6.45) is -0.525. The topological polar surface area (TPSA) is 96.8 Å². The van der Waals surface area contributed by atoms with Gasteiger partial charge >= 0.3 is 6.09 Å². The predicted octanol–water partition coefficient (Wildman–Crippen LogP) is -0.665. The summed E-state index contributed by atoms with van der Waals surface area (Å²) in [4.78, 5) is 14.7. The van der Waals surface area contributed by atoms with E-state index < -0.39 is 6.09 Å². The van der Waals surface area contributed by atoms with Crippen LogP contribution in [0.15, 0.2) is 0 Å². The lowest BCUT2D eigenvalue weighted by Gasteiger charge is -2.06. The van der Waals surface area contributed by atoms with Crippen LogP contribution in [0.3, 0.4) is 0 Å². The first-order valence-electron chi connectivity index (χ1n) is 3.61. The zero-order valence-corrected chi connectivity index (χ0v) is 6.56. The molecular weight excluding hydrogens is 164 g/mol. The van der Waals surface area contributed by atoms with Gasteiger partial charge in [0.05, 0.1) is 13.2 Å². The highest BCUT2D eigenvalue weighted by molar-refractivity contribution is 5.64. The molecule has 0 bridgehead atoms. The molecule has 70 valence electrons. The SMILES string of the molecule is NOC1CC(COC(N)=O)CO1. The Labute approximate surface area is 69.7 Å². The van der Waals surface area contributed by atoms with E-state index in [1.165, 1.54) is 0 Å². The van der Waals surface area contributed by atoms with Gasteiger partial charge in [0, 0.05) is 12.3 Å². The van der Waals surface area contributed by atoms with Crippen molar-refractivity contribution in [2.75, 3.05) is 13.2 Å². The van der Waals surface area contributed by atoms with Crippen LogP contribution in [0.5, 0.6) is 0 Å². The number of carbonyl (C=O) groups is 1. The van der Waals surface area contributed by atoms with Crippen molar-refractivity contribution in [2.24, 2.45) is 17.5 Å². The van der Waals surface area contributed by atoms with Gasteiger partial charge in [0.2, 0.25) is 0 Å². The molecule has 1 heterocycles. The predicted molar refractivity (Wildman–Crippen MR) is 38.7 cm³/mol. The van der Waals surface area contributed by atoms with Crippen LogP contribution >= 0.6 is 0 Å². The summed E-state index contributed by atoms with van der Waals surface area (Å²) < 4.78 is 9.65. The maximum atomic E-state index is 10.2. The highest BCUT2D eigenvalue weighted by Crippen LogP contribution is 2.19. The molecule has 1 rings (SSSR count). The van der Waals surface area contributed by atoms with Gasteiger partial charge in [0.15, 0.2) is 6.29 Å². The Morgan fingerprint density at radius 3 is 2.92 bits per heavy atom. The Hall–Kier alpha value is -0.850. The van der Waals surface area contributed by atoms with Gasteiger partial charge in [-0.3, -0.25) is 4.84 Å². The maximum absolute atomic E-state index is 10.2. The average molecular weight is 176 g/mol. The number of nitrogens with two attached hydrogens (primary N) is 2. The molecular formula is C6H12N2O4. The Kier molecular flexibility index (Phi) is 3.27. The molecule has 4 N–H and O–H groups in total. The van der Waals surface area contributed by atoms with Gasteiger partial charge in [0.1, 0.15) is 0 Å². The van der Waals surface area contributed by atoms with Crippen molar-refractivity contribution in [3.05, 3.63) is 0 Å². The third-order valence-electron chi connectivity index (χ3n) is 1.66. The molecule has 6 heteroatoms. The van der Waals surface area contributed by atoms with Crippen molar-refractivity contribution in [1.29, 1.82) is 0 Å². The first kappa shape index (κ1) is 9.24. The lowest BCUT2D eigenvalue weighted by Crippen LogP contribution is -2.19. The highest BCUT2D eigenvalue weighted by atomic mass is 16.8. The normalized spacial score (nSPS) is 28.8. The second-order valence-electron chi connectivity index (χ2n) is 2.63. The molecule has 12 heavy (non-hydrogen) atoms. The fourth-order valence-corrected chi connectivity index (χ4v) is 1.06. The van der Waals surface area contributed by atoms with Crippen molar-refractivity contribution >= 4 is 6.09 Å². The Balaban J connectivity index is 2.15. The molecule has 0 aromatic heterocycles. The number of ether oxygens (including phenoxy) is 2. The smallest absolute Gasteiger partial charge is 0.404 e. The molecule has 0 spiro atoms. The summed E-state index contributed by atoms with van der Waals surface area (Å²) >= 11 is 0. The first-order valence-corrected chi connectivity index (χ1v) is 3.61. The van der Waals surface area contributed by atoms with E-state index in [4.69, 9.17) is 16.4 Å². The molecule has 1 aliphatic heterocycles. The van der Waals surface area contributed by atoms with E-state index in [1.54, 1.807) is 0 Å². The summed E-state index contributed by atoms with van der Waals surface area (Å²) in [6, 6.07) is 0. The number of hydrogen-bond acceptors (Lipinski definition) is 5. The molecule has 1 amide bonds. The van der Waals surface area contributed by atoms with Crippen molar-refractivity contribution in [2.45, 2.75) is 12.7 Å². The third kappa shape index (κ3) is 2.65. The molecule has 6 nitrogen and oxygen atoms in total. The highest BCUT2D eigenvalue weighted by Gasteiger charge is 2.26. The molecule has 0 aliphatic carbocycles. The number of amides is 1.